The number of nitrogens with one attached hydrogen (secondary N) is 2. The number of unbranched alkanes of at least 4 members (excludes halogenated alkanes) is 3. The summed E-state index contributed by atoms with van der Waals surface area (Å²) in [6, 6.07) is 5.88. The van der Waals surface area contributed by atoms with Crippen LogP contribution in [0.15, 0.2) is 45.1 Å². The summed E-state index contributed by atoms with van der Waals surface area (Å²) < 4.78 is 5.18. The van der Waals surface area contributed by atoms with Gasteiger partial charge in [0.25, 0.3) is 0 Å². The third kappa shape index (κ3) is 6.74. The minimum absolute atomic E-state index is 0.00287. The van der Waals surface area contributed by atoms with Crippen molar-refractivity contribution >= 4 is 22.8 Å². The van der Waals surface area contributed by atoms with E-state index in [-0.39, 0.29) is 68.0 Å². The Morgan fingerprint density at radius 3 is 2.27 bits per heavy atom. The van der Waals surface area contributed by atoms with Gasteiger partial charge in [-0.25, -0.2) is 4.79 Å². The Balaban J connectivity index is 0.953. The lowest BCUT2D eigenvalue weighted by Crippen LogP contribution is -2.67. The summed E-state index contributed by atoms with van der Waals surface area (Å²) in [4.78, 5) is 39.2. The second-order valence-electron chi connectivity index (χ2n) is 20.9. The Morgan fingerprint density at radius 2 is 1.54 bits per heavy atom. The monoisotopic (exact) mass is 773 g/mol. The van der Waals surface area contributed by atoms with E-state index in [9.17, 15) is 29.7 Å². The van der Waals surface area contributed by atoms with Crippen LogP contribution >= 0.6 is 0 Å². The van der Waals surface area contributed by atoms with Crippen LogP contribution in [0.5, 0.6) is 5.75 Å². The van der Waals surface area contributed by atoms with Gasteiger partial charge in [0, 0.05) is 30.6 Å². The van der Waals surface area contributed by atoms with Crippen molar-refractivity contribution in [2.45, 2.75) is 151 Å². The molecule has 0 aliphatic heterocycles. The van der Waals surface area contributed by atoms with Crippen LogP contribution in [-0.2, 0) is 16.0 Å². The van der Waals surface area contributed by atoms with Gasteiger partial charge >= 0.3 is 5.63 Å². The Hall–Kier alpha value is -3.17. The zero-order valence-electron chi connectivity index (χ0n) is 35.1. The van der Waals surface area contributed by atoms with E-state index in [1.807, 2.05) is 0 Å². The predicted octanol–water partition coefficient (Wildman–Crippen LogP) is 7.97. The van der Waals surface area contributed by atoms with Crippen LogP contribution in [0.3, 0.4) is 0 Å². The van der Waals surface area contributed by atoms with Crippen molar-refractivity contribution in [2.75, 3.05) is 13.1 Å². The third-order valence-electron chi connectivity index (χ3n) is 16.9. The third-order valence-corrected chi connectivity index (χ3v) is 16.9. The second-order valence-corrected chi connectivity index (χ2v) is 20.9. The number of hydrogen-bond acceptors (Lipinski definition) is 7. The first-order chi connectivity index (χ1) is 26.3. The van der Waals surface area contributed by atoms with E-state index in [1.54, 1.807) is 6.07 Å². The van der Waals surface area contributed by atoms with Crippen LogP contribution in [0.25, 0.3) is 11.0 Å². The van der Waals surface area contributed by atoms with Gasteiger partial charge in [-0.05, 0) is 133 Å². The number of carbonyl (C=O) groups is 2. The molecule has 0 spiro atoms. The first-order valence-corrected chi connectivity index (χ1v) is 21.6. The van der Waals surface area contributed by atoms with Crippen molar-refractivity contribution in [3.8, 4) is 5.75 Å². The van der Waals surface area contributed by atoms with Crippen molar-refractivity contribution in [2.24, 2.45) is 50.2 Å². The molecule has 2 amide bonds. The van der Waals surface area contributed by atoms with Crippen LogP contribution in [0.1, 0.15) is 138 Å². The maximum Gasteiger partial charge on any atom is 0.336 e. The summed E-state index contributed by atoms with van der Waals surface area (Å²) in [7, 11) is 0. The molecule has 9 nitrogen and oxygen atoms in total. The van der Waals surface area contributed by atoms with Crippen molar-refractivity contribution in [1.82, 2.24) is 10.6 Å². The zero-order valence-corrected chi connectivity index (χ0v) is 35.1. The Labute approximate surface area is 333 Å². The molecule has 4 fully saturated rings. The predicted molar refractivity (Wildman–Crippen MR) is 219 cm³/mol. The van der Waals surface area contributed by atoms with Gasteiger partial charge in [-0.3, -0.25) is 9.59 Å². The molecule has 9 atom stereocenters. The van der Waals surface area contributed by atoms with Gasteiger partial charge in [0.2, 0.25) is 11.8 Å². The number of amides is 2. The SMILES string of the molecule is CC1(C)CC[C@]2(C(=O)NCCCCCCNC(=O)Cc3cc(=O)oc4cc(O)ccc34)CC[C@]3(C)C(=CC[C@@H]4[C@@]5(C)C[C@@H](O)[C@H](O)C(C)(C)[C@@H]5CC[C@]43C)[C@@H]2C1. The van der Waals surface area contributed by atoms with Crippen molar-refractivity contribution in [3.63, 3.8) is 0 Å². The highest BCUT2D eigenvalue weighted by molar-refractivity contribution is 5.87. The highest BCUT2D eigenvalue weighted by Gasteiger charge is 2.70. The summed E-state index contributed by atoms with van der Waals surface area (Å²) in [6.45, 7) is 17.8. The molecule has 0 unspecified atom stereocenters. The van der Waals surface area contributed by atoms with Gasteiger partial charge in [0.15, 0.2) is 0 Å². The lowest BCUT2D eigenvalue weighted by atomic mass is 9.33. The molecule has 9 heteroatoms. The molecule has 0 radical (unpaired) electrons. The number of aliphatic hydroxyl groups excluding tert-OH is 2. The molecule has 2 aromatic rings. The molecule has 0 saturated heterocycles. The number of aromatic hydroxyl groups is 1. The summed E-state index contributed by atoms with van der Waals surface area (Å²) in [5, 5.41) is 39.1. The van der Waals surface area contributed by atoms with Gasteiger partial charge in [0.1, 0.15) is 11.3 Å². The summed E-state index contributed by atoms with van der Waals surface area (Å²) in [6.07, 6.45) is 13.6. The number of benzene rings is 1. The van der Waals surface area contributed by atoms with Gasteiger partial charge in [0.05, 0.1) is 24.0 Å². The van der Waals surface area contributed by atoms with E-state index in [4.69, 9.17) is 4.42 Å². The fourth-order valence-corrected chi connectivity index (χ4v) is 13.6. The molecule has 7 rings (SSSR count). The van der Waals surface area contributed by atoms with E-state index in [2.05, 4.69) is 65.2 Å². The molecule has 1 aromatic carbocycles. The van der Waals surface area contributed by atoms with E-state index in [0.29, 0.717) is 42.3 Å². The maximum absolute atomic E-state index is 14.5. The molecule has 4 saturated carbocycles. The first-order valence-electron chi connectivity index (χ1n) is 21.6. The molecule has 5 aliphatic carbocycles. The van der Waals surface area contributed by atoms with Gasteiger partial charge in [-0.15, -0.1) is 0 Å². The summed E-state index contributed by atoms with van der Waals surface area (Å²) in [5.74, 6) is 1.07. The highest BCUT2D eigenvalue weighted by atomic mass is 16.4. The Morgan fingerprint density at radius 1 is 0.839 bits per heavy atom. The quantitative estimate of drug-likeness (QED) is 0.0935. The number of carbonyl (C=O) groups excluding carboxylic acids is 2. The molecule has 5 N–H and O–H groups in total. The fraction of sp³-hybridized carbons (Fsp3) is 0.723. The highest BCUT2D eigenvalue weighted by Crippen LogP contribution is 2.75. The van der Waals surface area contributed by atoms with Crippen LogP contribution in [0, 0.1) is 50.2 Å². The van der Waals surface area contributed by atoms with Crippen molar-refractivity contribution < 1.29 is 29.3 Å². The number of fused-ring (bicyclic) bond motifs is 8. The summed E-state index contributed by atoms with van der Waals surface area (Å²) in [5.41, 5.74) is 1.25. The lowest BCUT2D eigenvalue weighted by molar-refractivity contribution is -0.231. The first kappa shape index (κ1) is 41.0. The number of allylic oxidation sites excluding steroid dienone is 2. The summed E-state index contributed by atoms with van der Waals surface area (Å²) >= 11 is 0. The fourth-order valence-electron chi connectivity index (χ4n) is 13.6. The van der Waals surface area contributed by atoms with Crippen molar-refractivity contribution in [3.05, 3.63) is 51.9 Å². The van der Waals surface area contributed by atoms with Crippen LogP contribution in [0.2, 0.25) is 0 Å². The van der Waals surface area contributed by atoms with E-state index in [1.165, 1.54) is 23.8 Å². The van der Waals surface area contributed by atoms with Crippen LogP contribution < -0.4 is 16.3 Å². The minimum atomic E-state index is -0.703. The normalized spacial score (nSPS) is 36.9. The largest absolute Gasteiger partial charge is 0.508 e. The number of phenolic OH excluding ortho intramolecular Hbond substituents is 1. The van der Waals surface area contributed by atoms with E-state index >= 15 is 0 Å². The Kier molecular flexibility index (Phi) is 10.7. The van der Waals surface area contributed by atoms with Crippen LogP contribution in [0.4, 0.5) is 0 Å². The molecular formula is C47H68N2O7. The zero-order chi connectivity index (χ0) is 40.5. The molecule has 1 heterocycles. The van der Waals surface area contributed by atoms with Gasteiger partial charge < -0.3 is 30.4 Å². The number of phenols is 1. The Bertz CT molecular complexity index is 1930. The molecule has 0 bridgehead atoms. The van der Waals surface area contributed by atoms with E-state index in [0.717, 1.165) is 77.0 Å². The van der Waals surface area contributed by atoms with Gasteiger partial charge in [-0.1, -0.05) is 73.0 Å². The number of rotatable bonds is 10. The minimum Gasteiger partial charge on any atom is -0.508 e. The molecule has 56 heavy (non-hydrogen) atoms. The van der Waals surface area contributed by atoms with E-state index < -0.39 is 17.8 Å². The van der Waals surface area contributed by atoms with Crippen molar-refractivity contribution in [1.29, 1.82) is 0 Å². The topological polar surface area (TPSA) is 149 Å². The lowest BCUT2D eigenvalue weighted by Gasteiger charge is -2.71. The number of hydrogen-bond donors (Lipinski definition) is 5. The van der Waals surface area contributed by atoms with Crippen LogP contribution in [-0.4, -0.2) is 52.4 Å². The molecule has 5 aliphatic rings. The number of aliphatic hydroxyl groups is 2. The average molecular weight is 773 g/mol. The molecule has 1 aromatic heterocycles. The smallest absolute Gasteiger partial charge is 0.336 e. The molecule has 308 valence electrons. The second kappa shape index (κ2) is 14.6. The standard InChI is InChI=1S/C47H68N2O7/c1-42(2)18-20-47(41(55)49-23-11-9-8-10-22-48-38(52)24-29-25-39(53)56-35-26-30(50)12-13-31(29)35)21-19-45(6)32(33(47)27-42)14-15-37-44(5)28-34(51)40(54)43(3,4)36(44)16-17-46(37,45)7/h12-14,25-26,33-34,36-37,40,50-51,54H,8-11,15-24,27-28H2,1-7H3,(H,48,52)(H,49,55)/t33-,34+,36-,37+,40-,44-,45+,46+,47-/m0/s1. The van der Waals surface area contributed by atoms with Gasteiger partial charge in [-0.2, -0.15) is 0 Å². The molecular weight excluding hydrogens is 705 g/mol. The average Bonchev–Trinajstić information content (AvgIpc) is 3.11. The maximum atomic E-state index is 14.5.